The van der Waals surface area contributed by atoms with Crippen molar-refractivity contribution in [3.63, 3.8) is 0 Å². The summed E-state index contributed by atoms with van der Waals surface area (Å²) in [7, 11) is 1.35. The molecule has 1 fully saturated rings. The largest absolute Gasteiger partial charge is 0.469 e. The van der Waals surface area contributed by atoms with Crippen LogP contribution in [-0.2, 0) is 9.53 Å². The molecule has 0 aromatic heterocycles. The minimum Gasteiger partial charge on any atom is -0.469 e. The highest BCUT2D eigenvalue weighted by Crippen LogP contribution is 2.24. The van der Waals surface area contributed by atoms with Crippen LogP contribution in [0.2, 0.25) is 0 Å². The normalized spacial score (nSPS) is 25.1. The molecule has 0 amide bonds. The fraction of sp³-hybridized carbons (Fsp3) is 0.875. The van der Waals surface area contributed by atoms with Crippen LogP contribution in [0.1, 0.15) is 33.5 Å². The summed E-state index contributed by atoms with van der Waals surface area (Å²) in [6, 6.07) is 0. The van der Waals surface area contributed by atoms with Gasteiger partial charge in [-0.1, -0.05) is 19.3 Å². The van der Waals surface area contributed by atoms with Crippen LogP contribution in [0.4, 0.5) is 0 Å². The van der Waals surface area contributed by atoms with E-state index in [4.69, 9.17) is 1.37 Å². The average molecular weight is 143 g/mol. The van der Waals surface area contributed by atoms with E-state index in [-0.39, 0.29) is 5.97 Å². The summed E-state index contributed by atoms with van der Waals surface area (Å²) in [5, 5.41) is 0. The van der Waals surface area contributed by atoms with E-state index < -0.39 is 5.89 Å². The van der Waals surface area contributed by atoms with Gasteiger partial charge in [0.25, 0.3) is 0 Å². The van der Waals surface area contributed by atoms with Gasteiger partial charge in [0, 0.05) is 1.37 Å². The minimum atomic E-state index is -0.924. The Labute approximate surface area is 63.0 Å². The van der Waals surface area contributed by atoms with Gasteiger partial charge in [0.2, 0.25) is 0 Å². The molecule has 0 aromatic rings. The third-order valence-corrected chi connectivity index (χ3v) is 1.93. The molecule has 1 aliphatic rings. The fourth-order valence-corrected chi connectivity index (χ4v) is 1.33. The Balaban J connectivity index is 2.56. The van der Waals surface area contributed by atoms with Gasteiger partial charge in [0.15, 0.2) is 0 Å². The van der Waals surface area contributed by atoms with Crippen molar-refractivity contribution in [3.05, 3.63) is 0 Å². The molecule has 0 aromatic carbocycles. The second-order valence-electron chi connectivity index (χ2n) is 2.66. The molecule has 0 bridgehead atoms. The number of esters is 1. The van der Waals surface area contributed by atoms with Crippen molar-refractivity contribution in [3.8, 4) is 0 Å². The molecule has 0 N–H and O–H groups in total. The van der Waals surface area contributed by atoms with E-state index in [9.17, 15) is 4.79 Å². The SMILES string of the molecule is [2H]C1(C(=O)OC)CCCCC1. The zero-order valence-corrected chi connectivity index (χ0v) is 6.35. The van der Waals surface area contributed by atoms with Crippen molar-refractivity contribution < 1.29 is 10.9 Å². The summed E-state index contributed by atoms with van der Waals surface area (Å²) in [5.41, 5.74) is 0. The molecule has 0 heterocycles. The summed E-state index contributed by atoms with van der Waals surface area (Å²) < 4.78 is 12.3. The van der Waals surface area contributed by atoms with E-state index >= 15 is 0 Å². The molecule has 1 aliphatic carbocycles. The maximum absolute atomic E-state index is 11.1. The van der Waals surface area contributed by atoms with Crippen LogP contribution < -0.4 is 0 Å². The molecule has 0 spiro atoms. The fourth-order valence-electron chi connectivity index (χ4n) is 1.33. The number of carbonyl (C=O) groups is 1. The monoisotopic (exact) mass is 143 g/mol. The summed E-state index contributed by atoms with van der Waals surface area (Å²) in [6.07, 6.45) is 4.45. The number of methoxy groups -OCH3 is 1. The van der Waals surface area contributed by atoms with Gasteiger partial charge in [-0.2, -0.15) is 0 Å². The quantitative estimate of drug-likeness (QED) is 0.522. The molecule has 58 valence electrons. The molecular weight excluding hydrogens is 128 g/mol. The number of hydrogen-bond acceptors (Lipinski definition) is 2. The second-order valence-corrected chi connectivity index (χ2v) is 2.66. The summed E-state index contributed by atoms with van der Waals surface area (Å²) >= 11 is 0. The molecular formula is C8H14O2. The van der Waals surface area contributed by atoms with Crippen LogP contribution in [-0.4, -0.2) is 13.1 Å². The Hall–Kier alpha value is -0.530. The van der Waals surface area contributed by atoms with E-state index in [1.807, 2.05) is 0 Å². The lowest BCUT2D eigenvalue weighted by Gasteiger charge is -2.18. The van der Waals surface area contributed by atoms with Crippen molar-refractivity contribution in [1.29, 1.82) is 0 Å². The van der Waals surface area contributed by atoms with Crippen LogP contribution in [0.3, 0.4) is 0 Å². The van der Waals surface area contributed by atoms with E-state index in [0.717, 1.165) is 19.3 Å². The Bertz CT molecular complexity index is 150. The molecule has 0 radical (unpaired) electrons. The third-order valence-electron chi connectivity index (χ3n) is 1.93. The second kappa shape index (κ2) is 3.59. The molecule has 2 heteroatoms. The lowest BCUT2D eigenvalue weighted by Crippen LogP contribution is -2.18. The van der Waals surface area contributed by atoms with Gasteiger partial charge in [-0.25, -0.2) is 0 Å². The highest BCUT2D eigenvalue weighted by atomic mass is 16.5. The Morgan fingerprint density at radius 3 is 2.60 bits per heavy atom. The van der Waals surface area contributed by atoms with Crippen LogP contribution >= 0.6 is 0 Å². The van der Waals surface area contributed by atoms with Crippen molar-refractivity contribution in [1.82, 2.24) is 0 Å². The first-order valence-corrected chi connectivity index (χ1v) is 3.77. The Morgan fingerprint density at radius 1 is 1.50 bits per heavy atom. The van der Waals surface area contributed by atoms with Crippen molar-refractivity contribution in [2.45, 2.75) is 32.1 Å². The minimum absolute atomic E-state index is 0.364. The van der Waals surface area contributed by atoms with Gasteiger partial charge >= 0.3 is 5.97 Å². The summed E-state index contributed by atoms with van der Waals surface area (Å²) in [5.74, 6) is -1.29. The number of hydrogen-bond donors (Lipinski definition) is 0. The highest BCUT2D eigenvalue weighted by molar-refractivity contribution is 5.72. The van der Waals surface area contributed by atoms with Crippen LogP contribution in [0.25, 0.3) is 0 Å². The molecule has 0 aliphatic heterocycles. The third kappa shape index (κ3) is 1.72. The first-order valence-electron chi connectivity index (χ1n) is 4.27. The zero-order chi connectivity index (χ0) is 8.32. The van der Waals surface area contributed by atoms with Crippen molar-refractivity contribution in [2.75, 3.05) is 7.11 Å². The van der Waals surface area contributed by atoms with Crippen LogP contribution in [0.5, 0.6) is 0 Å². The number of rotatable bonds is 1. The predicted octanol–water partition coefficient (Wildman–Crippen LogP) is 1.74. The van der Waals surface area contributed by atoms with Gasteiger partial charge < -0.3 is 4.74 Å². The lowest BCUT2D eigenvalue weighted by molar-refractivity contribution is -0.146. The van der Waals surface area contributed by atoms with Gasteiger partial charge in [-0.05, 0) is 12.8 Å². The first-order chi connectivity index (χ1) is 5.19. The highest BCUT2D eigenvalue weighted by Gasteiger charge is 2.20. The van der Waals surface area contributed by atoms with Gasteiger partial charge in [-0.3, -0.25) is 4.79 Å². The van der Waals surface area contributed by atoms with Gasteiger partial charge in [0.1, 0.15) is 0 Å². The topological polar surface area (TPSA) is 26.3 Å². The maximum Gasteiger partial charge on any atom is 0.308 e. The Kier molecular flexibility index (Phi) is 2.23. The molecule has 1 rings (SSSR count). The van der Waals surface area contributed by atoms with E-state index in [2.05, 4.69) is 4.74 Å². The molecule has 0 unspecified atom stereocenters. The lowest BCUT2D eigenvalue weighted by atomic mass is 9.89. The van der Waals surface area contributed by atoms with Crippen molar-refractivity contribution >= 4 is 5.97 Å². The summed E-state index contributed by atoms with van der Waals surface area (Å²) in [6.45, 7) is 0. The van der Waals surface area contributed by atoms with E-state index in [1.54, 1.807) is 0 Å². The number of carbonyl (C=O) groups excluding carboxylic acids is 1. The van der Waals surface area contributed by atoms with Crippen LogP contribution in [0, 0.1) is 5.89 Å². The summed E-state index contributed by atoms with van der Waals surface area (Å²) in [4.78, 5) is 11.1. The van der Waals surface area contributed by atoms with E-state index in [0.29, 0.717) is 12.8 Å². The predicted molar refractivity (Wildman–Crippen MR) is 38.6 cm³/mol. The molecule has 1 saturated carbocycles. The molecule has 2 nitrogen and oxygen atoms in total. The Morgan fingerprint density at radius 2 is 2.10 bits per heavy atom. The standard InChI is InChI=1S/C8H14O2/c1-10-8(9)7-5-3-2-4-6-7/h7H,2-6H2,1H3/i7D. The maximum atomic E-state index is 11.1. The van der Waals surface area contributed by atoms with E-state index in [1.165, 1.54) is 7.11 Å². The molecule has 10 heavy (non-hydrogen) atoms. The molecule has 0 saturated heterocycles. The van der Waals surface area contributed by atoms with Gasteiger partial charge in [0.05, 0.1) is 13.0 Å². The van der Waals surface area contributed by atoms with Crippen LogP contribution in [0.15, 0.2) is 0 Å². The first kappa shape index (κ1) is 6.20. The smallest absolute Gasteiger partial charge is 0.308 e. The molecule has 0 atom stereocenters. The van der Waals surface area contributed by atoms with Gasteiger partial charge in [-0.15, -0.1) is 0 Å². The van der Waals surface area contributed by atoms with Crippen molar-refractivity contribution in [2.24, 2.45) is 5.89 Å². The zero-order valence-electron chi connectivity index (χ0n) is 7.35. The average Bonchev–Trinajstić information content (AvgIpc) is 2.04. The number of ether oxygens (including phenoxy) is 1.